The summed E-state index contributed by atoms with van der Waals surface area (Å²) < 4.78 is 0. The van der Waals surface area contributed by atoms with E-state index in [1.807, 2.05) is 0 Å². The standard InChI is InChI=1S/C19H28N4.HI/c1-3-12-21-19(20-4-2)22-15-17-10-6-7-11-18(17)16-23-13-8-5-9-14-23;/h1,6-7,10-11H,4-5,8-9,12-16H2,2H3,(H2,20,21,22);1H. The lowest BCUT2D eigenvalue weighted by atomic mass is 10.1. The summed E-state index contributed by atoms with van der Waals surface area (Å²) in [5.74, 6) is 3.36. The molecule has 1 heterocycles. The van der Waals surface area contributed by atoms with Gasteiger partial charge in [0.1, 0.15) is 0 Å². The molecule has 0 unspecified atom stereocenters. The van der Waals surface area contributed by atoms with Gasteiger partial charge >= 0.3 is 0 Å². The quantitative estimate of drug-likeness (QED) is 0.309. The van der Waals surface area contributed by atoms with E-state index in [1.54, 1.807) is 0 Å². The maximum Gasteiger partial charge on any atom is 0.192 e. The Morgan fingerprint density at radius 1 is 1.17 bits per heavy atom. The van der Waals surface area contributed by atoms with E-state index in [0.29, 0.717) is 13.1 Å². The third-order valence-electron chi connectivity index (χ3n) is 4.07. The Hall–Kier alpha value is -1.26. The average molecular weight is 440 g/mol. The lowest BCUT2D eigenvalue weighted by Crippen LogP contribution is -2.37. The van der Waals surface area contributed by atoms with E-state index >= 15 is 0 Å². The number of guanidine groups is 1. The lowest BCUT2D eigenvalue weighted by molar-refractivity contribution is 0.220. The van der Waals surface area contributed by atoms with Crippen molar-refractivity contribution in [1.29, 1.82) is 0 Å². The van der Waals surface area contributed by atoms with Crippen LogP contribution >= 0.6 is 24.0 Å². The fourth-order valence-electron chi connectivity index (χ4n) is 2.87. The van der Waals surface area contributed by atoms with Gasteiger partial charge in [0.25, 0.3) is 0 Å². The van der Waals surface area contributed by atoms with Crippen LogP contribution in [0.5, 0.6) is 0 Å². The van der Waals surface area contributed by atoms with E-state index in [2.05, 4.69) is 57.6 Å². The van der Waals surface area contributed by atoms with E-state index in [-0.39, 0.29) is 24.0 Å². The molecule has 0 amide bonds. The van der Waals surface area contributed by atoms with Crippen molar-refractivity contribution in [3.8, 4) is 12.3 Å². The number of nitrogens with one attached hydrogen (secondary N) is 2. The molecule has 132 valence electrons. The number of rotatable bonds is 6. The highest BCUT2D eigenvalue weighted by molar-refractivity contribution is 14.0. The molecule has 0 saturated carbocycles. The minimum Gasteiger partial charge on any atom is -0.357 e. The topological polar surface area (TPSA) is 39.7 Å². The van der Waals surface area contributed by atoms with E-state index in [9.17, 15) is 0 Å². The normalized spacial score (nSPS) is 15.2. The van der Waals surface area contributed by atoms with Gasteiger partial charge in [-0.15, -0.1) is 30.4 Å². The zero-order valence-corrected chi connectivity index (χ0v) is 16.9. The van der Waals surface area contributed by atoms with E-state index < -0.39 is 0 Å². The molecule has 1 aliphatic rings. The van der Waals surface area contributed by atoms with Crippen LogP contribution in [0.1, 0.15) is 37.3 Å². The van der Waals surface area contributed by atoms with Gasteiger partial charge in [-0.2, -0.15) is 0 Å². The van der Waals surface area contributed by atoms with Crippen LogP contribution in [0, 0.1) is 12.3 Å². The molecule has 4 nitrogen and oxygen atoms in total. The first-order valence-electron chi connectivity index (χ1n) is 8.58. The third kappa shape index (κ3) is 7.10. The minimum absolute atomic E-state index is 0. The Morgan fingerprint density at radius 2 is 1.88 bits per heavy atom. The van der Waals surface area contributed by atoms with Crippen molar-refractivity contribution in [3.63, 3.8) is 0 Å². The van der Waals surface area contributed by atoms with Crippen molar-refractivity contribution in [2.24, 2.45) is 4.99 Å². The number of halogens is 1. The maximum absolute atomic E-state index is 5.31. The van der Waals surface area contributed by atoms with Crippen LogP contribution in [0.4, 0.5) is 0 Å². The Labute approximate surface area is 163 Å². The third-order valence-corrected chi connectivity index (χ3v) is 4.07. The number of hydrogen-bond donors (Lipinski definition) is 2. The molecule has 0 bridgehead atoms. The Kier molecular flexibility index (Phi) is 10.5. The van der Waals surface area contributed by atoms with Gasteiger partial charge in [-0.3, -0.25) is 4.90 Å². The first-order chi connectivity index (χ1) is 11.3. The summed E-state index contributed by atoms with van der Waals surface area (Å²) >= 11 is 0. The minimum atomic E-state index is 0. The van der Waals surface area contributed by atoms with Crippen molar-refractivity contribution < 1.29 is 0 Å². The van der Waals surface area contributed by atoms with E-state index in [4.69, 9.17) is 6.42 Å². The molecule has 1 fully saturated rings. The fourth-order valence-corrected chi connectivity index (χ4v) is 2.87. The van der Waals surface area contributed by atoms with Crippen LogP contribution in [-0.4, -0.2) is 37.0 Å². The summed E-state index contributed by atoms with van der Waals surface area (Å²) in [6.07, 6.45) is 9.32. The summed E-state index contributed by atoms with van der Waals surface area (Å²) in [5, 5.41) is 6.36. The summed E-state index contributed by atoms with van der Waals surface area (Å²) in [4.78, 5) is 7.20. The lowest BCUT2D eigenvalue weighted by Gasteiger charge is -2.27. The number of likely N-dealkylation sites (tertiary alicyclic amines) is 1. The largest absolute Gasteiger partial charge is 0.357 e. The highest BCUT2D eigenvalue weighted by atomic mass is 127. The van der Waals surface area contributed by atoms with Gasteiger partial charge in [0, 0.05) is 13.1 Å². The summed E-state index contributed by atoms with van der Waals surface area (Å²) in [6, 6.07) is 8.61. The Balaban J connectivity index is 0.00000288. The number of aliphatic imine (C=N–C) groups is 1. The molecule has 1 aliphatic heterocycles. The first kappa shape index (κ1) is 20.8. The van der Waals surface area contributed by atoms with Crippen molar-refractivity contribution >= 4 is 29.9 Å². The Morgan fingerprint density at radius 3 is 2.54 bits per heavy atom. The summed E-state index contributed by atoms with van der Waals surface area (Å²) in [5.41, 5.74) is 2.67. The number of piperidine rings is 1. The molecular weight excluding hydrogens is 411 g/mol. The van der Waals surface area contributed by atoms with Crippen LogP contribution < -0.4 is 10.6 Å². The fraction of sp³-hybridized carbons (Fsp3) is 0.526. The monoisotopic (exact) mass is 440 g/mol. The van der Waals surface area contributed by atoms with Crippen molar-refractivity contribution in [2.75, 3.05) is 26.2 Å². The van der Waals surface area contributed by atoms with Crippen LogP contribution in [0.2, 0.25) is 0 Å². The predicted octanol–water partition coefficient (Wildman–Crippen LogP) is 2.98. The molecular formula is C19H29IN4. The SMILES string of the molecule is C#CCNC(=NCc1ccccc1CN1CCCCC1)NCC.I. The smallest absolute Gasteiger partial charge is 0.192 e. The van der Waals surface area contributed by atoms with Gasteiger partial charge in [0.05, 0.1) is 13.1 Å². The molecule has 1 saturated heterocycles. The zero-order valence-electron chi connectivity index (χ0n) is 14.6. The maximum atomic E-state index is 5.31. The molecule has 0 spiro atoms. The molecule has 2 rings (SSSR count). The Bertz CT molecular complexity index is 545. The molecule has 0 aromatic heterocycles. The van der Waals surface area contributed by atoms with Crippen LogP contribution in [0.3, 0.4) is 0 Å². The average Bonchev–Trinajstić information content (AvgIpc) is 2.59. The van der Waals surface area contributed by atoms with Crippen LogP contribution in [0.15, 0.2) is 29.3 Å². The van der Waals surface area contributed by atoms with Gasteiger partial charge < -0.3 is 10.6 Å². The van der Waals surface area contributed by atoms with E-state index in [0.717, 1.165) is 19.0 Å². The van der Waals surface area contributed by atoms with E-state index in [1.165, 1.54) is 43.5 Å². The van der Waals surface area contributed by atoms with Crippen LogP contribution in [0.25, 0.3) is 0 Å². The second-order valence-electron chi connectivity index (χ2n) is 5.86. The molecule has 1 aromatic rings. The van der Waals surface area contributed by atoms with Crippen molar-refractivity contribution in [3.05, 3.63) is 35.4 Å². The molecule has 0 atom stereocenters. The molecule has 0 radical (unpaired) electrons. The van der Waals surface area contributed by atoms with Crippen LogP contribution in [-0.2, 0) is 13.1 Å². The van der Waals surface area contributed by atoms with Gasteiger partial charge in [-0.1, -0.05) is 36.6 Å². The molecule has 2 N–H and O–H groups in total. The molecule has 5 heteroatoms. The van der Waals surface area contributed by atoms with Crippen molar-refractivity contribution in [1.82, 2.24) is 15.5 Å². The number of benzene rings is 1. The molecule has 24 heavy (non-hydrogen) atoms. The summed E-state index contributed by atoms with van der Waals surface area (Å²) in [6.45, 7) is 7.49. The highest BCUT2D eigenvalue weighted by Gasteiger charge is 2.12. The number of nitrogens with zero attached hydrogens (tertiary/aromatic N) is 2. The number of terminal acetylenes is 1. The van der Waals surface area contributed by atoms with Crippen molar-refractivity contribution in [2.45, 2.75) is 39.3 Å². The predicted molar refractivity (Wildman–Crippen MR) is 113 cm³/mol. The highest BCUT2D eigenvalue weighted by Crippen LogP contribution is 2.16. The van der Waals surface area contributed by atoms with Gasteiger partial charge in [0.15, 0.2) is 5.96 Å². The molecule has 1 aromatic carbocycles. The van der Waals surface area contributed by atoms with Gasteiger partial charge in [-0.25, -0.2) is 4.99 Å². The first-order valence-corrected chi connectivity index (χ1v) is 8.58. The zero-order chi connectivity index (χ0) is 16.3. The number of hydrogen-bond acceptors (Lipinski definition) is 2. The molecule has 0 aliphatic carbocycles. The van der Waals surface area contributed by atoms with Gasteiger partial charge in [-0.05, 0) is 44.0 Å². The summed E-state index contributed by atoms with van der Waals surface area (Å²) in [7, 11) is 0. The second kappa shape index (κ2) is 12.2. The second-order valence-corrected chi connectivity index (χ2v) is 5.86. The van der Waals surface area contributed by atoms with Gasteiger partial charge in [0.2, 0.25) is 0 Å².